The number of amides is 1. The molecule has 2 aromatic rings. The van der Waals surface area contributed by atoms with Crippen LogP contribution in [0.1, 0.15) is 34.1 Å². The highest BCUT2D eigenvalue weighted by Gasteiger charge is 2.26. The highest BCUT2D eigenvalue weighted by molar-refractivity contribution is 7.89. The summed E-state index contributed by atoms with van der Waals surface area (Å²) in [4.78, 5) is 12.5. The lowest BCUT2D eigenvalue weighted by Crippen LogP contribution is -2.37. The molecule has 0 bridgehead atoms. The lowest BCUT2D eigenvalue weighted by molar-refractivity contribution is -0.116. The van der Waals surface area contributed by atoms with E-state index >= 15 is 0 Å². The van der Waals surface area contributed by atoms with Crippen molar-refractivity contribution in [1.29, 1.82) is 0 Å². The molecule has 0 aliphatic carbocycles. The number of carbonyl (C=O) groups excluding carboxylic acids is 1. The first-order valence-electron chi connectivity index (χ1n) is 11.4. The molecule has 2 rings (SSSR count). The van der Waals surface area contributed by atoms with E-state index in [1.807, 2.05) is 27.7 Å². The van der Waals surface area contributed by atoms with Crippen LogP contribution in [-0.4, -0.2) is 53.8 Å². The number of nitrogens with one attached hydrogen (secondary N) is 2. The molecule has 2 N–H and O–H groups in total. The molecular weight excluding hydrogens is 490 g/mol. The van der Waals surface area contributed by atoms with Gasteiger partial charge >= 0.3 is 0 Å². The Morgan fingerprint density at radius 3 is 1.86 bits per heavy atom. The Hall–Kier alpha value is -2.47. The number of rotatable bonds is 13. The zero-order chi connectivity index (χ0) is 26.2. The van der Waals surface area contributed by atoms with Crippen molar-refractivity contribution in [3.05, 3.63) is 48.5 Å². The normalized spacial score (nSPS) is 12.3. The molecule has 0 unspecified atom stereocenters. The number of methoxy groups -OCH3 is 1. The minimum Gasteiger partial charge on any atom is -0.497 e. The Kier molecular flexibility index (Phi) is 10.3. The summed E-state index contributed by atoms with van der Waals surface area (Å²) in [7, 11) is -5.93. The standard InChI is InChI=1S/C24H35N3O6S2/c1-18(2)16-27(17-19(3)4)35(31,32)23-10-6-20(7-11-23)26-24(28)14-15-25-34(29,30)22-12-8-21(33-5)9-13-22/h6-13,18-19,25H,14-17H2,1-5H3,(H,26,28). The van der Waals surface area contributed by atoms with E-state index < -0.39 is 26.0 Å². The van der Waals surface area contributed by atoms with Crippen LogP contribution in [-0.2, 0) is 24.8 Å². The predicted molar refractivity (Wildman–Crippen MR) is 136 cm³/mol. The van der Waals surface area contributed by atoms with E-state index in [1.165, 1.54) is 59.9 Å². The first-order chi connectivity index (χ1) is 16.3. The monoisotopic (exact) mass is 525 g/mol. The van der Waals surface area contributed by atoms with E-state index in [2.05, 4.69) is 10.0 Å². The smallest absolute Gasteiger partial charge is 0.243 e. The Balaban J connectivity index is 1.96. The van der Waals surface area contributed by atoms with Gasteiger partial charge in [0, 0.05) is 31.7 Å². The second-order valence-electron chi connectivity index (χ2n) is 9.01. The van der Waals surface area contributed by atoms with Crippen molar-refractivity contribution in [3.63, 3.8) is 0 Å². The molecule has 0 heterocycles. The van der Waals surface area contributed by atoms with Gasteiger partial charge in [0.05, 0.1) is 16.9 Å². The highest BCUT2D eigenvalue weighted by atomic mass is 32.2. The van der Waals surface area contributed by atoms with Gasteiger partial charge in [0.2, 0.25) is 26.0 Å². The van der Waals surface area contributed by atoms with Crippen LogP contribution in [0.25, 0.3) is 0 Å². The molecule has 11 heteroatoms. The van der Waals surface area contributed by atoms with Crippen LogP contribution in [0.5, 0.6) is 5.75 Å². The SMILES string of the molecule is COc1ccc(S(=O)(=O)NCCC(=O)Nc2ccc(S(=O)(=O)N(CC(C)C)CC(C)C)cc2)cc1. The van der Waals surface area contributed by atoms with Crippen LogP contribution in [0.4, 0.5) is 5.69 Å². The Morgan fingerprint density at radius 1 is 0.857 bits per heavy atom. The summed E-state index contributed by atoms with van der Waals surface area (Å²) in [5.74, 6) is 0.502. The third kappa shape index (κ3) is 8.60. The molecule has 0 atom stereocenters. The Labute approximate surface area is 209 Å². The Bertz CT molecular complexity index is 1170. The minimum atomic E-state index is -3.76. The van der Waals surface area contributed by atoms with Crippen molar-refractivity contribution >= 4 is 31.6 Å². The fourth-order valence-electron chi connectivity index (χ4n) is 3.31. The first-order valence-corrected chi connectivity index (χ1v) is 14.3. The molecule has 194 valence electrons. The number of nitrogens with zero attached hydrogens (tertiary/aromatic N) is 1. The van der Waals surface area contributed by atoms with E-state index in [0.29, 0.717) is 24.5 Å². The number of sulfonamides is 2. The molecule has 0 aromatic heterocycles. The fraction of sp³-hybridized carbons (Fsp3) is 0.458. The summed E-state index contributed by atoms with van der Waals surface area (Å²) < 4.78 is 59.8. The first kappa shape index (κ1) is 28.8. The molecule has 1 amide bonds. The van der Waals surface area contributed by atoms with Gasteiger partial charge < -0.3 is 10.1 Å². The van der Waals surface area contributed by atoms with E-state index in [9.17, 15) is 21.6 Å². The summed E-state index contributed by atoms with van der Waals surface area (Å²) in [5, 5.41) is 2.66. The summed E-state index contributed by atoms with van der Waals surface area (Å²) in [6.07, 6.45) is -0.0913. The van der Waals surface area contributed by atoms with Crippen molar-refractivity contribution in [1.82, 2.24) is 9.03 Å². The largest absolute Gasteiger partial charge is 0.497 e. The quantitative estimate of drug-likeness (QED) is 0.414. The number of carbonyl (C=O) groups is 1. The lowest BCUT2D eigenvalue weighted by Gasteiger charge is -2.25. The molecule has 0 radical (unpaired) electrons. The molecule has 0 saturated heterocycles. The number of ether oxygens (including phenoxy) is 1. The topological polar surface area (TPSA) is 122 Å². The van der Waals surface area contributed by atoms with Crippen LogP contribution in [0.15, 0.2) is 58.3 Å². The molecule has 0 spiro atoms. The third-order valence-electron chi connectivity index (χ3n) is 4.93. The van der Waals surface area contributed by atoms with E-state index in [0.717, 1.165) is 0 Å². The molecule has 35 heavy (non-hydrogen) atoms. The lowest BCUT2D eigenvalue weighted by atomic mass is 10.2. The minimum absolute atomic E-state index is 0.0690. The van der Waals surface area contributed by atoms with Gasteiger partial charge in [-0.15, -0.1) is 0 Å². The van der Waals surface area contributed by atoms with Gasteiger partial charge in [0.1, 0.15) is 5.75 Å². The van der Waals surface area contributed by atoms with Crippen LogP contribution < -0.4 is 14.8 Å². The van der Waals surface area contributed by atoms with Crippen LogP contribution in [0.2, 0.25) is 0 Å². The van der Waals surface area contributed by atoms with Gasteiger partial charge in [-0.25, -0.2) is 21.6 Å². The van der Waals surface area contributed by atoms with Gasteiger partial charge in [-0.2, -0.15) is 4.31 Å². The molecule has 2 aromatic carbocycles. The number of hydrogen-bond acceptors (Lipinski definition) is 6. The predicted octanol–water partition coefficient (Wildman–Crippen LogP) is 3.31. The summed E-state index contributed by atoms with van der Waals surface area (Å²) in [6, 6.07) is 11.9. The second-order valence-corrected chi connectivity index (χ2v) is 12.7. The molecule has 9 nitrogen and oxygen atoms in total. The number of benzene rings is 2. The summed E-state index contributed by atoms with van der Waals surface area (Å²) >= 11 is 0. The summed E-state index contributed by atoms with van der Waals surface area (Å²) in [5.41, 5.74) is 0.422. The van der Waals surface area contributed by atoms with Crippen LogP contribution in [0.3, 0.4) is 0 Å². The maximum Gasteiger partial charge on any atom is 0.243 e. The molecule has 0 aliphatic rings. The maximum atomic E-state index is 13.1. The zero-order valence-corrected chi connectivity index (χ0v) is 22.4. The number of hydrogen-bond donors (Lipinski definition) is 2. The zero-order valence-electron chi connectivity index (χ0n) is 20.8. The van der Waals surface area contributed by atoms with Gasteiger partial charge in [-0.1, -0.05) is 27.7 Å². The maximum absolute atomic E-state index is 13.1. The third-order valence-corrected chi connectivity index (χ3v) is 8.25. The van der Waals surface area contributed by atoms with Gasteiger partial charge in [0.15, 0.2) is 0 Å². The van der Waals surface area contributed by atoms with Crippen molar-refractivity contribution in [3.8, 4) is 5.75 Å². The second kappa shape index (κ2) is 12.5. The van der Waals surface area contributed by atoms with Crippen LogP contribution in [0, 0.1) is 11.8 Å². The van der Waals surface area contributed by atoms with E-state index in [-0.39, 0.29) is 34.6 Å². The average molecular weight is 526 g/mol. The van der Waals surface area contributed by atoms with E-state index in [4.69, 9.17) is 4.74 Å². The molecule has 0 fully saturated rings. The van der Waals surface area contributed by atoms with Gasteiger partial charge in [-0.3, -0.25) is 4.79 Å². The van der Waals surface area contributed by atoms with Gasteiger partial charge in [0.25, 0.3) is 0 Å². The highest BCUT2D eigenvalue weighted by Crippen LogP contribution is 2.21. The van der Waals surface area contributed by atoms with Crippen molar-refractivity contribution < 1.29 is 26.4 Å². The summed E-state index contributed by atoms with van der Waals surface area (Å²) in [6.45, 7) is 8.64. The van der Waals surface area contributed by atoms with Crippen molar-refractivity contribution in [2.24, 2.45) is 11.8 Å². The molecule has 0 saturated carbocycles. The van der Waals surface area contributed by atoms with Crippen molar-refractivity contribution in [2.45, 2.75) is 43.9 Å². The molecular formula is C24H35N3O6S2. The molecule has 0 aliphatic heterocycles. The van der Waals surface area contributed by atoms with Crippen molar-refractivity contribution in [2.75, 3.05) is 32.1 Å². The Morgan fingerprint density at radius 2 is 1.37 bits per heavy atom. The van der Waals surface area contributed by atoms with Gasteiger partial charge in [-0.05, 0) is 60.4 Å². The average Bonchev–Trinajstić information content (AvgIpc) is 2.78. The van der Waals surface area contributed by atoms with E-state index in [1.54, 1.807) is 0 Å². The fourth-order valence-corrected chi connectivity index (χ4v) is 6.10. The number of anilines is 1. The van der Waals surface area contributed by atoms with Crippen LogP contribution >= 0.6 is 0 Å².